The molecule has 17 heavy (non-hydrogen) atoms. The normalized spacial score (nSPS) is 21.7. The summed E-state index contributed by atoms with van der Waals surface area (Å²) in [5.41, 5.74) is 1.35. The van der Waals surface area contributed by atoms with Crippen molar-refractivity contribution in [2.75, 3.05) is 12.8 Å². The minimum Gasteiger partial charge on any atom is -0.332 e. The summed E-state index contributed by atoms with van der Waals surface area (Å²) in [7, 11) is 0. The monoisotopic (exact) mass is 253 g/mol. The maximum atomic E-state index is 4.33. The highest BCUT2D eigenvalue weighted by molar-refractivity contribution is 7.99. The van der Waals surface area contributed by atoms with E-state index >= 15 is 0 Å². The first kappa shape index (κ1) is 13.0. The molecule has 3 nitrogen and oxygen atoms in total. The molecule has 0 spiro atoms. The Morgan fingerprint density at radius 3 is 3.00 bits per heavy atom. The molecule has 1 saturated heterocycles. The van der Waals surface area contributed by atoms with Crippen LogP contribution in [0.2, 0.25) is 0 Å². The lowest BCUT2D eigenvalue weighted by molar-refractivity contribution is 0.388. The Morgan fingerprint density at radius 2 is 2.35 bits per heavy atom. The molecular weight excluding hydrogens is 230 g/mol. The van der Waals surface area contributed by atoms with Crippen LogP contribution in [0.15, 0.2) is 12.5 Å². The van der Waals surface area contributed by atoms with E-state index in [1.165, 1.54) is 25.0 Å². The zero-order valence-electron chi connectivity index (χ0n) is 11.1. The SMILES string of the molecule is CSC(C)(C)Cn1cncc1C1CCCCN1. The summed E-state index contributed by atoms with van der Waals surface area (Å²) in [5.74, 6) is 0. The van der Waals surface area contributed by atoms with Gasteiger partial charge in [0.2, 0.25) is 0 Å². The highest BCUT2D eigenvalue weighted by atomic mass is 32.2. The molecule has 0 bridgehead atoms. The average Bonchev–Trinajstić information content (AvgIpc) is 2.77. The molecule has 1 aromatic heterocycles. The summed E-state index contributed by atoms with van der Waals surface area (Å²) in [6.45, 7) is 6.74. The molecular formula is C13H23N3S. The Morgan fingerprint density at radius 1 is 1.53 bits per heavy atom. The van der Waals surface area contributed by atoms with Crippen molar-refractivity contribution in [2.24, 2.45) is 0 Å². The molecule has 1 aromatic rings. The topological polar surface area (TPSA) is 29.9 Å². The van der Waals surface area contributed by atoms with Gasteiger partial charge < -0.3 is 9.88 Å². The maximum absolute atomic E-state index is 4.33. The highest BCUT2D eigenvalue weighted by Crippen LogP contribution is 2.27. The molecule has 0 aliphatic carbocycles. The maximum Gasteiger partial charge on any atom is 0.0949 e. The fourth-order valence-electron chi connectivity index (χ4n) is 2.33. The molecule has 1 unspecified atom stereocenters. The third-order valence-electron chi connectivity index (χ3n) is 3.52. The van der Waals surface area contributed by atoms with Gasteiger partial charge in [-0.2, -0.15) is 11.8 Å². The second kappa shape index (κ2) is 5.44. The lowest BCUT2D eigenvalue weighted by atomic mass is 10.0. The average molecular weight is 253 g/mol. The van der Waals surface area contributed by atoms with Gasteiger partial charge in [-0.3, -0.25) is 0 Å². The molecule has 1 fully saturated rings. The first-order valence-corrected chi connectivity index (χ1v) is 7.63. The highest BCUT2D eigenvalue weighted by Gasteiger charge is 2.22. The summed E-state index contributed by atoms with van der Waals surface area (Å²) < 4.78 is 2.59. The standard InChI is InChI=1S/C13H23N3S/c1-13(2,17-3)9-16-10-14-8-12(16)11-6-4-5-7-15-11/h8,10-11,15H,4-7,9H2,1-3H3. The van der Waals surface area contributed by atoms with E-state index in [4.69, 9.17) is 0 Å². The van der Waals surface area contributed by atoms with E-state index in [-0.39, 0.29) is 4.75 Å². The molecule has 4 heteroatoms. The smallest absolute Gasteiger partial charge is 0.0949 e. The second-order valence-corrected chi connectivity index (χ2v) is 6.93. The van der Waals surface area contributed by atoms with Gasteiger partial charge in [-0.25, -0.2) is 4.98 Å². The van der Waals surface area contributed by atoms with Crippen LogP contribution in [0.1, 0.15) is 44.8 Å². The number of nitrogens with one attached hydrogen (secondary N) is 1. The molecule has 0 amide bonds. The van der Waals surface area contributed by atoms with E-state index in [0.717, 1.165) is 13.1 Å². The Labute approximate surface area is 108 Å². The van der Waals surface area contributed by atoms with Gasteiger partial charge >= 0.3 is 0 Å². The van der Waals surface area contributed by atoms with Gasteiger partial charge in [0.1, 0.15) is 0 Å². The van der Waals surface area contributed by atoms with Gasteiger partial charge in [0.05, 0.1) is 12.0 Å². The van der Waals surface area contributed by atoms with Gasteiger partial charge in [0, 0.05) is 23.5 Å². The van der Waals surface area contributed by atoms with E-state index in [9.17, 15) is 0 Å². The predicted octanol–water partition coefficient (Wildman–Crippen LogP) is 2.84. The van der Waals surface area contributed by atoms with Crippen molar-refractivity contribution in [1.29, 1.82) is 0 Å². The van der Waals surface area contributed by atoms with Crippen molar-refractivity contribution >= 4 is 11.8 Å². The van der Waals surface area contributed by atoms with Crippen molar-refractivity contribution in [3.63, 3.8) is 0 Å². The zero-order chi connectivity index (χ0) is 12.3. The van der Waals surface area contributed by atoms with Crippen LogP contribution in [0.5, 0.6) is 0 Å². The quantitative estimate of drug-likeness (QED) is 0.895. The summed E-state index contributed by atoms with van der Waals surface area (Å²) in [4.78, 5) is 4.33. The zero-order valence-corrected chi connectivity index (χ0v) is 11.9. The number of rotatable bonds is 4. The Hall–Kier alpha value is -0.480. The molecule has 2 heterocycles. The number of piperidine rings is 1. The fourth-order valence-corrected chi connectivity index (χ4v) is 2.60. The number of thioether (sulfide) groups is 1. The van der Waals surface area contributed by atoms with Crippen LogP contribution in [0.25, 0.3) is 0 Å². The number of aromatic nitrogens is 2. The lowest BCUT2D eigenvalue weighted by Crippen LogP contribution is -2.30. The van der Waals surface area contributed by atoms with Gasteiger partial charge in [0.15, 0.2) is 0 Å². The van der Waals surface area contributed by atoms with Crippen molar-refractivity contribution in [3.05, 3.63) is 18.2 Å². The third-order valence-corrected chi connectivity index (χ3v) is 4.75. The molecule has 1 aliphatic heterocycles. The summed E-state index contributed by atoms with van der Waals surface area (Å²) >= 11 is 1.91. The molecule has 96 valence electrons. The summed E-state index contributed by atoms with van der Waals surface area (Å²) in [5, 5.41) is 3.60. The Bertz CT molecular complexity index is 353. The predicted molar refractivity (Wildman–Crippen MR) is 74.4 cm³/mol. The van der Waals surface area contributed by atoms with Crippen LogP contribution < -0.4 is 5.32 Å². The first-order chi connectivity index (χ1) is 8.12. The lowest BCUT2D eigenvalue weighted by Gasteiger charge is -2.28. The molecule has 1 N–H and O–H groups in total. The van der Waals surface area contributed by atoms with Crippen LogP contribution >= 0.6 is 11.8 Å². The van der Waals surface area contributed by atoms with Crippen molar-refractivity contribution in [1.82, 2.24) is 14.9 Å². The van der Waals surface area contributed by atoms with Crippen LogP contribution in [-0.2, 0) is 6.54 Å². The summed E-state index contributed by atoms with van der Waals surface area (Å²) in [6, 6.07) is 0.504. The molecule has 0 radical (unpaired) electrons. The molecule has 1 atom stereocenters. The van der Waals surface area contributed by atoms with Crippen LogP contribution in [0, 0.1) is 0 Å². The van der Waals surface area contributed by atoms with Gasteiger partial charge in [-0.15, -0.1) is 0 Å². The molecule has 0 saturated carbocycles. The van der Waals surface area contributed by atoms with E-state index < -0.39 is 0 Å². The van der Waals surface area contributed by atoms with Gasteiger partial charge in [-0.1, -0.05) is 6.42 Å². The minimum atomic E-state index is 0.268. The largest absolute Gasteiger partial charge is 0.332 e. The van der Waals surface area contributed by atoms with Gasteiger partial charge in [-0.05, 0) is 39.5 Å². The van der Waals surface area contributed by atoms with E-state index in [1.807, 2.05) is 24.3 Å². The Kier molecular flexibility index (Phi) is 4.15. The van der Waals surface area contributed by atoms with E-state index in [2.05, 4.69) is 35.0 Å². The van der Waals surface area contributed by atoms with E-state index in [0.29, 0.717) is 6.04 Å². The Balaban J connectivity index is 2.10. The van der Waals surface area contributed by atoms with Crippen molar-refractivity contribution in [3.8, 4) is 0 Å². The fraction of sp³-hybridized carbons (Fsp3) is 0.769. The van der Waals surface area contributed by atoms with Crippen LogP contribution in [0.3, 0.4) is 0 Å². The van der Waals surface area contributed by atoms with Crippen LogP contribution in [0.4, 0.5) is 0 Å². The molecule has 0 aromatic carbocycles. The second-order valence-electron chi connectivity index (χ2n) is 5.41. The molecule has 2 rings (SSSR count). The number of imidazole rings is 1. The molecule has 1 aliphatic rings. The van der Waals surface area contributed by atoms with Crippen molar-refractivity contribution < 1.29 is 0 Å². The van der Waals surface area contributed by atoms with E-state index in [1.54, 1.807) is 0 Å². The first-order valence-electron chi connectivity index (χ1n) is 6.41. The van der Waals surface area contributed by atoms with Gasteiger partial charge in [0.25, 0.3) is 0 Å². The number of hydrogen-bond donors (Lipinski definition) is 1. The number of nitrogens with zero attached hydrogens (tertiary/aromatic N) is 2. The summed E-state index contributed by atoms with van der Waals surface area (Å²) in [6.07, 6.45) is 10.1. The van der Waals surface area contributed by atoms with Crippen LogP contribution in [-0.4, -0.2) is 27.1 Å². The third kappa shape index (κ3) is 3.26. The number of hydrogen-bond acceptors (Lipinski definition) is 3. The van der Waals surface area contributed by atoms with Crippen molar-refractivity contribution in [2.45, 2.75) is 50.4 Å². The minimum absolute atomic E-state index is 0.268.